The third kappa shape index (κ3) is 2.20. The zero-order valence-corrected chi connectivity index (χ0v) is 14.7. The molecule has 2 rings (SSSR count). The first-order valence-electron chi connectivity index (χ1n) is 8.16. The zero-order chi connectivity index (χ0) is 15.5. The van der Waals surface area contributed by atoms with E-state index in [9.17, 15) is 0 Å². The molecule has 1 heterocycles. The lowest BCUT2D eigenvalue weighted by molar-refractivity contribution is -0.0369. The summed E-state index contributed by atoms with van der Waals surface area (Å²) in [6, 6.07) is 0.537. The Morgan fingerprint density at radius 3 is 2.15 bits per heavy atom. The average Bonchev–Trinajstić information content (AvgIpc) is 2.50. The highest BCUT2D eigenvalue weighted by molar-refractivity contribution is 5.23. The Kier molecular flexibility index (Phi) is 3.78. The Morgan fingerprint density at radius 1 is 1.15 bits per heavy atom. The van der Waals surface area contributed by atoms with E-state index in [1.54, 1.807) is 0 Å². The van der Waals surface area contributed by atoms with Crippen molar-refractivity contribution in [2.45, 2.75) is 60.0 Å². The van der Waals surface area contributed by atoms with Crippen LogP contribution in [0.4, 0.5) is 0 Å². The van der Waals surface area contributed by atoms with Gasteiger partial charge in [-0.3, -0.25) is 0 Å². The molecule has 1 aliphatic heterocycles. The lowest BCUT2D eigenvalue weighted by Gasteiger charge is -2.54. The van der Waals surface area contributed by atoms with Crippen molar-refractivity contribution in [2.24, 2.45) is 35.0 Å². The molecule has 2 heteroatoms. The molecular weight excluding hydrogens is 244 g/mol. The quantitative estimate of drug-likeness (QED) is 0.765. The number of fused-ring (bicyclic) bond motifs is 1. The first-order valence-corrected chi connectivity index (χ1v) is 8.16. The Balaban J connectivity index is 2.52. The molecule has 2 aliphatic rings. The van der Waals surface area contributed by atoms with E-state index >= 15 is 0 Å². The van der Waals surface area contributed by atoms with Crippen molar-refractivity contribution >= 4 is 0 Å². The van der Waals surface area contributed by atoms with E-state index in [0.717, 1.165) is 5.92 Å². The van der Waals surface area contributed by atoms with Gasteiger partial charge < -0.3 is 10.6 Å². The van der Waals surface area contributed by atoms with Crippen LogP contribution >= 0.6 is 0 Å². The Morgan fingerprint density at radius 2 is 1.70 bits per heavy atom. The highest BCUT2D eigenvalue weighted by Crippen LogP contribution is 2.57. The van der Waals surface area contributed by atoms with Gasteiger partial charge in [0, 0.05) is 23.2 Å². The van der Waals surface area contributed by atoms with Crippen molar-refractivity contribution in [3.05, 3.63) is 12.3 Å². The Labute approximate surface area is 125 Å². The molecule has 0 bridgehead atoms. The van der Waals surface area contributed by atoms with Gasteiger partial charge in [0.1, 0.15) is 0 Å². The van der Waals surface area contributed by atoms with E-state index in [1.165, 1.54) is 5.70 Å². The molecule has 0 aromatic carbocycles. The summed E-state index contributed by atoms with van der Waals surface area (Å²) in [4.78, 5) is 0. The average molecular weight is 278 g/mol. The fraction of sp³-hybridized carbons (Fsp3) is 0.889. The maximum atomic E-state index is 4.36. The van der Waals surface area contributed by atoms with Crippen molar-refractivity contribution in [1.82, 2.24) is 10.6 Å². The lowest BCUT2D eigenvalue weighted by atomic mass is 9.51. The SMILES string of the molecule is C=C1NC(C)(C)C2C1C(NC)C(C)C(C)C2C(C)(C)C. The van der Waals surface area contributed by atoms with Gasteiger partial charge >= 0.3 is 0 Å². The van der Waals surface area contributed by atoms with Gasteiger partial charge in [0.15, 0.2) is 0 Å². The van der Waals surface area contributed by atoms with Crippen molar-refractivity contribution < 1.29 is 0 Å². The summed E-state index contributed by atoms with van der Waals surface area (Å²) >= 11 is 0. The van der Waals surface area contributed by atoms with Gasteiger partial charge in [-0.25, -0.2) is 0 Å². The van der Waals surface area contributed by atoms with Crippen LogP contribution in [-0.2, 0) is 0 Å². The fourth-order valence-electron chi connectivity index (χ4n) is 5.44. The summed E-state index contributed by atoms with van der Waals surface area (Å²) in [6.07, 6.45) is 0. The molecule has 0 aromatic rings. The summed E-state index contributed by atoms with van der Waals surface area (Å²) in [6.45, 7) is 21.2. The monoisotopic (exact) mass is 278 g/mol. The third-order valence-electron chi connectivity index (χ3n) is 6.17. The zero-order valence-electron chi connectivity index (χ0n) is 14.7. The molecule has 1 aliphatic carbocycles. The smallest absolute Gasteiger partial charge is 0.0352 e. The molecule has 6 atom stereocenters. The molecule has 2 N–H and O–H groups in total. The predicted molar refractivity (Wildman–Crippen MR) is 87.5 cm³/mol. The maximum Gasteiger partial charge on any atom is 0.0352 e. The van der Waals surface area contributed by atoms with Crippen LogP contribution in [0, 0.1) is 35.0 Å². The fourth-order valence-corrected chi connectivity index (χ4v) is 5.44. The van der Waals surface area contributed by atoms with Gasteiger partial charge in [-0.1, -0.05) is 41.2 Å². The molecule has 2 fully saturated rings. The number of nitrogens with one attached hydrogen (secondary N) is 2. The molecule has 2 nitrogen and oxygen atoms in total. The van der Waals surface area contributed by atoms with Gasteiger partial charge in [-0.2, -0.15) is 0 Å². The molecule has 0 amide bonds. The molecule has 0 spiro atoms. The minimum Gasteiger partial charge on any atom is -0.383 e. The van der Waals surface area contributed by atoms with Crippen LogP contribution in [0.1, 0.15) is 48.5 Å². The molecule has 1 saturated heterocycles. The topological polar surface area (TPSA) is 24.1 Å². The second kappa shape index (κ2) is 4.76. The predicted octanol–water partition coefficient (Wildman–Crippen LogP) is 3.65. The number of hydrogen-bond acceptors (Lipinski definition) is 2. The van der Waals surface area contributed by atoms with E-state index in [4.69, 9.17) is 0 Å². The summed E-state index contributed by atoms with van der Waals surface area (Å²) in [5.41, 5.74) is 1.72. The second-order valence-electron chi connectivity index (χ2n) is 8.85. The second-order valence-corrected chi connectivity index (χ2v) is 8.85. The molecule has 116 valence electrons. The summed E-state index contributed by atoms with van der Waals surface area (Å²) in [5, 5.41) is 7.30. The highest BCUT2D eigenvalue weighted by Gasteiger charge is 2.59. The molecular formula is C18H34N2. The first kappa shape index (κ1) is 15.9. The van der Waals surface area contributed by atoms with Gasteiger partial charge in [-0.15, -0.1) is 0 Å². The number of rotatable bonds is 1. The van der Waals surface area contributed by atoms with Gasteiger partial charge in [0.25, 0.3) is 0 Å². The van der Waals surface area contributed by atoms with Crippen molar-refractivity contribution in [3.63, 3.8) is 0 Å². The Hall–Kier alpha value is -0.500. The summed E-state index contributed by atoms with van der Waals surface area (Å²) in [5.74, 6) is 3.32. The van der Waals surface area contributed by atoms with E-state index in [-0.39, 0.29) is 5.54 Å². The van der Waals surface area contributed by atoms with Crippen LogP contribution in [0.25, 0.3) is 0 Å². The van der Waals surface area contributed by atoms with Crippen LogP contribution in [0.2, 0.25) is 0 Å². The van der Waals surface area contributed by atoms with E-state index < -0.39 is 0 Å². The van der Waals surface area contributed by atoms with Gasteiger partial charge in [-0.05, 0) is 50.0 Å². The lowest BCUT2D eigenvalue weighted by Crippen LogP contribution is -2.58. The molecule has 1 saturated carbocycles. The van der Waals surface area contributed by atoms with Crippen LogP contribution in [0.5, 0.6) is 0 Å². The number of hydrogen-bond donors (Lipinski definition) is 2. The third-order valence-corrected chi connectivity index (χ3v) is 6.17. The van der Waals surface area contributed by atoms with Crippen molar-refractivity contribution in [3.8, 4) is 0 Å². The maximum absolute atomic E-state index is 4.36. The molecule has 0 radical (unpaired) electrons. The van der Waals surface area contributed by atoms with E-state index in [1.807, 2.05) is 0 Å². The Bertz CT molecular complexity index is 391. The minimum atomic E-state index is 0.142. The highest BCUT2D eigenvalue weighted by atomic mass is 15.1. The van der Waals surface area contributed by atoms with Crippen LogP contribution in [-0.4, -0.2) is 18.6 Å². The van der Waals surface area contributed by atoms with Crippen LogP contribution in [0.15, 0.2) is 12.3 Å². The first-order chi connectivity index (χ1) is 9.02. The van der Waals surface area contributed by atoms with Gasteiger partial charge in [0.05, 0.1) is 0 Å². The van der Waals surface area contributed by atoms with Crippen LogP contribution in [0.3, 0.4) is 0 Å². The minimum absolute atomic E-state index is 0.142. The summed E-state index contributed by atoms with van der Waals surface area (Å²) < 4.78 is 0. The normalized spacial score (nSPS) is 44.1. The molecule has 6 unspecified atom stereocenters. The standard InChI is InChI=1S/C18H34N2/c1-10-11(2)16(19-9)13-12(3)20-18(7,8)15(13)14(10)17(4,5)6/h10-11,13-16,19-20H,3H2,1-2,4-9H3. The molecule has 0 aromatic heterocycles. The van der Waals surface area contributed by atoms with E-state index in [0.29, 0.717) is 35.1 Å². The molecule has 20 heavy (non-hydrogen) atoms. The summed E-state index contributed by atoms with van der Waals surface area (Å²) in [7, 11) is 2.11. The largest absolute Gasteiger partial charge is 0.383 e. The van der Waals surface area contributed by atoms with Crippen LogP contribution < -0.4 is 10.6 Å². The van der Waals surface area contributed by atoms with Gasteiger partial charge in [0.2, 0.25) is 0 Å². The van der Waals surface area contributed by atoms with Crippen molar-refractivity contribution in [2.75, 3.05) is 7.05 Å². The van der Waals surface area contributed by atoms with E-state index in [2.05, 4.69) is 72.7 Å². The van der Waals surface area contributed by atoms with Crippen molar-refractivity contribution in [1.29, 1.82) is 0 Å².